The summed E-state index contributed by atoms with van der Waals surface area (Å²) >= 11 is 0. The number of rotatable bonds is 6. The Hall–Kier alpha value is -0.940. The van der Waals surface area contributed by atoms with Gasteiger partial charge in [-0.15, -0.1) is 5.10 Å². The average Bonchev–Trinajstić information content (AvgIpc) is 2.94. The van der Waals surface area contributed by atoms with E-state index in [0.29, 0.717) is 6.04 Å². The molecule has 1 fully saturated rings. The van der Waals surface area contributed by atoms with Gasteiger partial charge in [-0.2, -0.15) is 0 Å². The van der Waals surface area contributed by atoms with Crippen LogP contribution in [-0.2, 0) is 6.54 Å². The number of aryl methyl sites for hydroxylation is 1. The zero-order valence-corrected chi connectivity index (χ0v) is 9.60. The topological polar surface area (TPSA) is 63.0 Å². The summed E-state index contributed by atoms with van der Waals surface area (Å²) in [5.74, 6) is 0. The Bertz CT molecular complexity index is 307. The second kappa shape index (κ2) is 5.96. The van der Waals surface area contributed by atoms with E-state index >= 15 is 0 Å². The highest BCUT2D eigenvalue weighted by atomic mass is 16.2. The zero-order valence-electron chi connectivity index (χ0n) is 9.60. The van der Waals surface area contributed by atoms with Crippen LogP contribution in [0.3, 0.4) is 0 Å². The molecule has 2 heterocycles. The van der Waals surface area contributed by atoms with Gasteiger partial charge in [-0.05, 0) is 38.6 Å². The third kappa shape index (κ3) is 3.02. The lowest BCUT2D eigenvalue weighted by Crippen LogP contribution is -2.13. The molecule has 0 saturated carbocycles. The molecule has 1 saturated heterocycles. The van der Waals surface area contributed by atoms with Crippen molar-refractivity contribution in [1.29, 1.82) is 0 Å². The maximum Gasteiger partial charge on any atom is 0.0996 e. The van der Waals surface area contributed by atoms with Crippen LogP contribution in [0.5, 0.6) is 0 Å². The molecule has 1 aromatic heterocycles. The van der Waals surface area contributed by atoms with Gasteiger partial charge in [0, 0.05) is 13.2 Å². The van der Waals surface area contributed by atoms with Gasteiger partial charge < -0.3 is 10.4 Å². The van der Waals surface area contributed by atoms with Crippen molar-refractivity contribution in [3.63, 3.8) is 0 Å². The molecule has 1 aliphatic heterocycles. The summed E-state index contributed by atoms with van der Waals surface area (Å²) in [4.78, 5) is 0. The van der Waals surface area contributed by atoms with Crippen molar-refractivity contribution in [2.45, 2.75) is 44.7 Å². The number of aliphatic hydroxyl groups excluding tert-OH is 1. The summed E-state index contributed by atoms with van der Waals surface area (Å²) in [7, 11) is 0. The van der Waals surface area contributed by atoms with Gasteiger partial charge in [0.2, 0.25) is 0 Å². The van der Waals surface area contributed by atoms with E-state index in [1.54, 1.807) is 0 Å². The van der Waals surface area contributed by atoms with Gasteiger partial charge in [0.15, 0.2) is 0 Å². The van der Waals surface area contributed by atoms with Crippen LogP contribution < -0.4 is 5.32 Å². The van der Waals surface area contributed by atoms with E-state index in [1.165, 1.54) is 12.8 Å². The first-order valence-corrected chi connectivity index (χ1v) is 6.14. The highest BCUT2D eigenvalue weighted by molar-refractivity contribution is 5.02. The van der Waals surface area contributed by atoms with Gasteiger partial charge in [-0.3, -0.25) is 4.68 Å². The molecule has 0 bridgehead atoms. The lowest BCUT2D eigenvalue weighted by molar-refractivity contribution is 0.281. The Labute approximate surface area is 95.8 Å². The van der Waals surface area contributed by atoms with Crippen molar-refractivity contribution in [3.05, 3.63) is 11.9 Å². The maximum absolute atomic E-state index is 8.67. The summed E-state index contributed by atoms with van der Waals surface area (Å²) in [6.45, 7) is 2.28. The predicted octanol–water partition coefficient (Wildman–Crippen LogP) is 0.865. The quantitative estimate of drug-likeness (QED) is 0.704. The van der Waals surface area contributed by atoms with Gasteiger partial charge in [0.1, 0.15) is 0 Å². The highest BCUT2D eigenvalue weighted by Gasteiger charge is 2.18. The van der Waals surface area contributed by atoms with Crippen molar-refractivity contribution < 1.29 is 5.11 Å². The average molecular weight is 224 g/mol. The molecule has 0 aliphatic carbocycles. The molecular formula is C11H20N4O. The highest BCUT2D eigenvalue weighted by Crippen LogP contribution is 2.20. The molecular weight excluding hydrogens is 204 g/mol. The first-order valence-electron chi connectivity index (χ1n) is 6.14. The van der Waals surface area contributed by atoms with E-state index in [9.17, 15) is 0 Å². The van der Waals surface area contributed by atoms with E-state index in [0.717, 1.165) is 38.0 Å². The maximum atomic E-state index is 8.67. The normalized spacial score (nSPS) is 20.4. The van der Waals surface area contributed by atoms with Crippen molar-refractivity contribution in [2.75, 3.05) is 13.2 Å². The van der Waals surface area contributed by atoms with Gasteiger partial charge >= 0.3 is 0 Å². The van der Waals surface area contributed by atoms with E-state index < -0.39 is 0 Å². The minimum Gasteiger partial charge on any atom is -0.396 e. The molecule has 5 heteroatoms. The summed E-state index contributed by atoms with van der Waals surface area (Å²) in [5, 5.41) is 20.4. The second-order valence-electron chi connectivity index (χ2n) is 4.34. The summed E-state index contributed by atoms with van der Waals surface area (Å²) in [5.41, 5.74) is 1.07. The third-order valence-corrected chi connectivity index (χ3v) is 3.02. The van der Waals surface area contributed by atoms with Crippen LogP contribution in [0, 0.1) is 0 Å². The van der Waals surface area contributed by atoms with E-state index in [1.807, 2.05) is 10.9 Å². The van der Waals surface area contributed by atoms with E-state index in [-0.39, 0.29) is 6.61 Å². The summed E-state index contributed by atoms with van der Waals surface area (Å²) in [6, 6.07) is 0.409. The number of unbranched alkanes of at least 4 members (excludes halogenated alkanes) is 2. The van der Waals surface area contributed by atoms with Crippen LogP contribution in [0.15, 0.2) is 6.20 Å². The molecule has 1 atom stereocenters. The Morgan fingerprint density at radius 3 is 3.12 bits per heavy atom. The monoisotopic (exact) mass is 224 g/mol. The van der Waals surface area contributed by atoms with Gasteiger partial charge in [-0.25, -0.2) is 0 Å². The van der Waals surface area contributed by atoms with E-state index in [4.69, 9.17) is 5.11 Å². The van der Waals surface area contributed by atoms with Crippen LogP contribution in [0.4, 0.5) is 0 Å². The first kappa shape index (κ1) is 11.5. The molecule has 0 radical (unpaired) electrons. The lowest BCUT2D eigenvalue weighted by Gasteiger charge is -2.03. The third-order valence-electron chi connectivity index (χ3n) is 3.02. The van der Waals surface area contributed by atoms with Crippen LogP contribution in [-0.4, -0.2) is 33.3 Å². The standard InChI is InChI=1S/C11H20N4O/c16-8-3-1-2-7-15-9-11(13-14-15)10-5-4-6-12-10/h9-10,12,16H,1-8H2. The minimum absolute atomic E-state index is 0.286. The molecule has 1 aliphatic rings. The fourth-order valence-electron chi connectivity index (χ4n) is 2.08. The molecule has 2 rings (SSSR count). The fourth-order valence-corrected chi connectivity index (χ4v) is 2.08. The first-order chi connectivity index (χ1) is 7.90. The minimum atomic E-state index is 0.286. The molecule has 1 aromatic rings. The Morgan fingerprint density at radius 1 is 1.44 bits per heavy atom. The number of aliphatic hydroxyl groups is 1. The summed E-state index contributed by atoms with van der Waals surface area (Å²) < 4.78 is 1.91. The summed E-state index contributed by atoms with van der Waals surface area (Å²) in [6.07, 6.45) is 7.43. The van der Waals surface area contributed by atoms with E-state index in [2.05, 4.69) is 15.6 Å². The molecule has 0 amide bonds. The number of nitrogens with zero attached hydrogens (tertiary/aromatic N) is 3. The number of hydrogen-bond acceptors (Lipinski definition) is 4. The van der Waals surface area contributed by atoms with Gasteiger partial charge in [0.25, 0.3) is 0 Å². The molecule has 16 heavy (non-hydrogen) atoms. The largest absolute Gasteiger partial charge is 0.396 e. The predicted molar refractivity (Wildman–Crippen MR) is 60.9 cm³/mol. The van der Waals surface area contributed by atoms with Crippen molar-refractivity contribution in [1.82, 2.24) is 20.3 Å². The fraction of sp³-hybridized carbons (Fsp3) is 0.818. The number of nitrogens with one attached hydrogen (secondary N) is 1. The molecule has 0 spiro atoms. The molecule has 90 valence electrons. The number of hydrogen-bond donors (Lipinski definition) is 2. The van der Waals surface area contributed by atoms with Crippen molar-refractivity contribution >= 4 is 0 Å². The van der Waals surface area contributed by atoms with Crippen molar-refractivity contribution in [2.24, 2.45) is 0 Å². The Morgan fingerprint density at radius 2 is 2.38 bits per heavy atom. The van der Waals surface area contributed by atoms with Gasteiger partial charge in [0.05, 0.1) is 17.9 Å². The van der Waals surface area contributed by atoms with Crippen LogP contribution in [0.25, 0.3) is 0 Å². The Kier molecular flexibility index (Phi) is 4.30. The molecule has 5 nitrogen and oxygen atoms in total. The second-order valence-corrected chi connectivity index (χ2v) is 4.34. The van der Waals surface area contributed by atoms with Crippen LogP contribution >= 0.6 is 0 Å². The van der Waals surface area contributed by atoms with Crippen LogP contribution in [0.2, 0.25) is 0 Å². The zero-order chi connectivity index (χ0) is 11.2. The van der Waals surface area contributed by atoms with Crippen LogP contribution in [0.1, 0.15) is 43.8 Å². The Balaban J connectivity index is 1.77. The number of aromatic nitrogens is 3. The smallest absolute Gasteiger partial charge is 0.0996 e. The molecule has 2 N–H and O–H groups in total. The molecule has 0 aromatic carbocycles. The van der Waals surface area contributed by atoms with Crippen molar-refractivity contribution in [3.8, 4) is 0 Å². The molecule has 1 unspecified atom stereocenters. The van der Waals surface area contributed by atoms with Gasteiger partial charge in [-0.1, -0.05) is 5.21 Å². The lowest BCUT2D eigenvalue weighted by atomic mass is 10.2. The SMILES string of the molecule is OCCCCCn1cc(C2CCCN2)nn1.